The van der Waals surface area contributed by atoms with Crippen molar-refractivity contribution in [1.29, 1.82) is 0 Å². The Balaban J connectivity index is 2.08. The maximum absolute atomic E-state index is 2.54. The van der Waals surface area contributed by atoms with E-state index in [-0.39, 0.29) is 0 Å². The van der Waals surface area contributed by atoms with Gasteiger partial charge in [-0.1, -0.05) is 32.4 Å². The molecule has 84 valence electrons. The predicted molar refractivity (Wildman–Crippen MR) is 64.6 cm³/mol. The van der Waals surface area contributed by atoms with Crippen molar-refractivity contribution in [2.24, 2.45) is 28.6 Å². The number of allylic oxidation sites excluding steroid dienone is 2. The Labute approximate surface area is 94.1 Å². The Bertz CT molecular complexity index is 323. The molecule has 2 saturated carbocycles. The van der Waals surface area contributed by atoms with Gasteiger partial charge in [0.1, 0.15) is 0 Å². The van der Waals surface area contributed by atoms with E-state index in [2.05, 4.69) is 33.8 Å². The minimum Gasteiger partial charge on any atom is -0.0847 e. The van der Waals surface area contributed by atoms with Crippen LogP contribution < -0.4 is 0 Å². The molecule has 0 heterocycles. The summed E-state index contributed by atoms with van der Waals surface area (Å²) in [6.45, 7) is 9.96. The van der Waals surface area contributed by atoms with E-state index in [1.165, 1.54) is 25.7 Å². The van der Waals surface area contributed by atoms with Crippen molar-refractivity contribution < 1.29 is 0 Å². The molecule has 0 heteroatoms. The van der Waals surface area contributed by atoms with E-state index in [9.17, 15) is 0 Å². The molecule has 0 radical (unpaired) electrons. The maximum Gasteiger partial charge on any atom is -0.00514 e. The van der Waals surface area contributed by atoms with Crippen LogP contribution in [0.25, 0.3) is 0 Å². The molecule has 1 spiro atoms. The summed E-state index contributed by atoms with van der Waals surface area (Å²) in [6.07, 6.45) is 8.34. The summed E-state index contributed by atoms with van der Waals surface area (Å²) >= 11 is 0. The lowest BCUT2D eigenvalue weighted by atomic mass is 9.67. The van der Waals surface area contributed by atoms with Crippen LogP contribution in [-0.4, -0.2) is 0 Å². The van der Waals surface area contributed by atoms with Gasteiger partial charge in [-0.05, 0) is 61.2 Å². The SMILES string of the molecule is CC1=CC[C@H]2C(C)(C)[C@H]3C[C@@]12CC[C@H]3C. The van der Waals surface area contributed by atoms with E-state index in [1.54, 1.807) is 5.57 Å². The fourth-order valence-electron chi connectivity index (χ4n) is 5.33. The number of hydrogen-bond donors (Lipinski definition) is 0. The first-order chi connectivity index (χ1) is 6.98. The Morgan fingerprint density at radius 3 is 2.80 bits per heavy atom. The van der Waals surface area contributed by atoms with Crippen LogP contribution in [-0.2, 0) is 0 Å². The molecule has 0 aromatic carbocycles. The molecule has 0 aromatic heterocycles. The Morgan fingerprint density at radius 2 is 2.07 bits per heavy atom. The van der Waals surface area contributed by atoms with Crippen molar-refractivity contribution in [3.8, 4) is 0 Å². The first kappa shape index (κ1) is 9.93. The summed E-state index contributed by atoms with van der Waals surface area (Å²) in [6, 6.07) is 0. The van der Waals surface area contributed by atoms with Crippen molar-refractivity contribution in [2.75, 3.05) is 0 Å². The number of fused-ring (bicyclic) bond motifs is 1. The molecule has 3 aliphatic carbocycles. The second kappa shape index (κ2) is 2.70. The second-order valence-electron chi connectivity index (χ2n) is 6.98. The Kier molecular flexibility index (Phi) is 1.79. The summed E-state index contributed by atoms with van der Waals surface area (Å²) in [5.74, 6) is 2.91. The molecular formula is C15H24. The molecule has 0 amide bonds. The highest BCUT2D eigenvalue weighted by Gasteiger charge is 2.62. The van der Waals surface area contributed by atoms with Crippen molar-refractivity contribution in [2.45, 2.75) is 53.4 Å². The third-order valence-electron chi connectivity index (χ3n) is 6.28. The van der Waals surface area contributed by atoms with Gasteiger partial charge in [-0.15, -0.1) is 0 Å². The zero-order chi connectivity index (χ0) is 10.8. The largest absolute Gasteiger partial charge is 0.0847 e. The minimum atomic E-state index is 0.587. The van der Waals surface area contributed by atoms with E-state index < -0.39 is 0 Å². The highest BCUT2D eigenvalue weighted by molar-refractivity contribution is 5.28. The molecule has 3 aliphatic rings. The molecule has 2 fully saturated rings. The van der Waals surface area contributed by atoms with E-state index in [0.717, 1.165) is 17.8 Å². The van der Waals surface area contributed by atoms with Crippen LogP contribution in [0.4, 0.5) is 0 Å². The molecule has 3 rings (SSSR count). The average Bonchev–Trinajstić information content (AvgIpc) is 2.57. The van der Waals surface area contributed by atoms with Crippen LogP contribution in [0.5, 0.6) is 0 Å². The van der Waals surface area contributed by atoms with Crippen molar-refractivity contribution >= 4 is 0 Å². The van der Waals surface area contributed by atoms with Crippen molar-refractivity contribution in [3.05, 3.63) is 11.6 Å². The molecule has 0 N–H and O–H groups in total. The zero-order valence-corrected chi connectivity index (χ0v) is 10.6. The summed E-state index contributed by atoms with van der Waals surface area (Å²) in [7, 11) is 0. The second-order valence-corrected chi connectivity index (χ2v) is 6.98. The Morgan fingerprint density at radius 1 is 1.33 bits per heavy atom. The molecule has 15 heavy (non-hydrogen) atoms. The minimum absolute atomic E-state index is 0.587. The van der Waals surface area contributed by atoms with Gasteiger partial charge in [0.15, 0.2) is 0 Å². The first-order valence-corrected chi connectivity index (χ1v) is 6.66. The molecule has 4 atom stereocenters. The van der Waals surface area contributed by atoms with Gasteiger partial charge in [-0.3, -0.25) is 0 Å². The molecule has 0 aliphatic heterocycles. The predicted octanol–water partition coefficient (Wildman–Crippen LogP) is 4.42. The Hall–Kier alpha value is -0.260. The van der Waals surface area contributed by atoms with Gasteiger partial charge in [0.05, 0.1) is 0 Å². The van der Waals surface area contributed by atoms with Crippen LogP contribution in [0.1, 0.15) is 53.4 Å². The third kappa shape index (κ3) is 0.990. The lowest BCUT2D eigenvalue weighted by Crippen LogP contribution is -2.28. The van der Waals surface area contributed by atoms with E-state index in [1.807, 2.05) is 0 Å². The number of rotatable bonds is 0. The molecular weight excluding hydrogens is 180 g/mol. The van der Waals surface area contributed by atoms with Crippen LogP contribution in [0.2, 0.25) is 0 Å². The normalized spacial score (nSPS) is 51.5. The monoisotopic (exact) mass is 204 g/mol. The zero-order valence-electron chi connectivity index (χ0n) is 10.6. The first-order valence-electron chi connectivity index (χ1n) is 6.66. The van der Waals surface area contributed by atoms with Crippen molar-refractivity contribution in [1.82, 2.24) is 0 Å². The molecule has 0 aromatic rings. The molecule has 2 bridgehead atoms. The van der Waals surface area contributed by atoms with Gasteiger partial charge in [0.25, 0.3) is 0 Å². The third-order valence-corrected chi connectivity index (χ3v) is 6.28. The smallest absolute Gasteiger partial charge is 0.00514 e. The van der Waals surface area contributed by atoms with E-state index in [0.29, 0.717) is 10.8 Å². The number of hydrogen-bond acceptors (Lipinski definition) is 0. The fourth-order valence-corrected chi connectivity index (χ4v) is 5.33. The quantitative estimate of drug-likeness (QED) is 0.513. The highest BCUT2D eigenvalue weighted by atomic mass is 14.7. The van der Waals surface area contributed by atoms with Crippen LogP contribution in [0.3, 0.4) is 0 Å². The van der Waals surface area contributed by atoms with Gasteiger partial charge in [-0.2, -0.15) is 0 Å². The van der Waals surface area contributed by atoms with Gasteiger partial charge in [-0.25, -0.2) is 0 Å². The maximum atomic E-state index is 2.54. The van der Waals surface area contributed by atoms with Gasteiger partial charge < -0.3 is 0 Å². The van der Waals surface area contributed by atoms with Gasteiger partial charge >= 0.3 is 0 Å². The van der Waals surface area contributed by atoms with Gasteiger partial charge in [0.2, 0.25) is 0 Å². The van der Waals surface area contributed by atoms with Crippen molar-refractivity contribution in [3.63, 3.8) is 0 Å². The van der Waals surface area contributed by atoms with E-state index in [4.69, 9.17) is 0 Å². The summed E-state index contributed by atoms with van der Waals surface area (Å²) in [4.78, 5) is 0. The topological polar surface area (TPSA) is 0 Å². The van der Waals surface area contributed by atoms with Gasteiger partial charge in [0, 0.05) is 0 Å². The highest BCUT2D eigenvalue weighted by Crippen LogP contribution is 2.70. The summed E-state index contributed by atoms with van der Waals surface area (Å²) < 4.78 is 0. The van der Waals surface area contributed by atoms with Crippen LogP contribution >= 0.6 is 0 Å². The summed E-state index contributed by atoms with van der Waals surface area (Å²) in [5, 5.41) is 0. The van der Waals surface area contributed by atoms with Crippen LogP contribution in [0.15, 0.2) is 11.6 Å². The average molecular weight is 204 g/mol. The van der Waals surface area contributed by atoms with E-state index >= 15 is 0 Å². The fraction of sp³-hybridized carbons (Fsp3) is 0.867. The lowest BCUT2D eigenvalue weighted by Gasteiger charge is -2.37. The van der Waals surface area contributed by atoms with Crippen LogP contribution in [0, 0.1) is 28.6 Å². The summed E-state index contributed by atoms with van der Waals surface area (Å²) in [5.41, 5.74) is 2.96. The molecule has 0 unspecified atom stereocenters. The molecule has 0 nitrogen and oxygen atoms in total. The lowest BCUT2D eigenvalue weighted by molar-refractivity contribution is 0.144. The molecule has 0 saturated heterocycles. The standard InChI is InChI=1S/C15H24/c1-10-7-8-15-9-12(10)14(3,4)13(15)6-5-11(15)2/h5,10,12-13H,6-9H2,1-4H3/t10-,12+,13+,15+/m1/s1.